The number of anilines is 6. The van der Waals surface area contributed by atoms with E-state index in [0.29, 0.717) is 29.3 Å². The molecule has 3 aliphatic carbocycles. The highest BCUT2D eigenvalue weighted by atomic mass is 16.5. The quantitative estimate of drug-likeness (QED) is 0.166. The lowest BCUT2D eigenvalue weighted by atomic mass is 9.28. The van der Waals surface area contributed by atoms with E-state index in [-0.39, 0.29) is 10.8 Å². The molecule has 4 heterocycles. The molecule has 0 N–H and O–H groups in total. The molecule has 3 saturated carbocycles. The molecule has 6 heteroatoms. The summed E-state index contributed by atoms with van der Waals surface area (Å²) < 4.78 is 7.00. The maximum absolute atomic E-state index is 7.00. The molecule has 15 rings (SSSR count). The van der Waals surface area contributed by atoms with E-state index in [0.717, 1.165) is 85.3 Å². The van der Waals surface area contributed by atoms with Crippen LogP contribution in [0.1, 0.15) is 57.1 Å². The fourth-order valence-corrected chi connectivity index (χ4v) is 14.2. The third-order valence-electron chi connectivity index (χ3n) is 16.6. The van der Waals surface area contributed by atoms with Crippen LogP contribution in [-0.2, 0) is 10.8 Å². The first-order valence-corrected chi connectivity index (χ1v) is 25.2. The predicted molar refractivity (Wildman–Crippen MR) is 283 cm³/mol. The Morgan fingerprint density at radius 3 is 1.53 bits per heavy atom. The first-order valence-electron chi connectivity index (χ1n) is 25.2. The molecule has 3 aliphatic heterocycles. The van der Waals surface area contributed by atoms with Crippen LogP contribution in [0.3, 0.4) is 0 Å². The summed E-state index contributed by atoms with van der Waals surface area (Å²) >= 11 is 0. The van der Waals surface area contributed by atoms with Gasteiger partial charge in [0.2, 0.25) is 0 Å². The van der Waals surface area contributed by atoms with E-state index in [1.165, 1.54) is 43.2 Å². The maximum Gasteiger partial charge on any atom is 0.164 e. The topological polar surface area (TPSA) is 54.4 Å². The highest BCUT2D eigenvalue weighted by molar-refractivity contribution is 6.01. The summed E-state index contributed by atoms with van der Waals surface area (Å²) in [6.45, 7) is 4.97. The van der Waals surface area contributed by atoms with Gasteiger partial charge in [-0.2, -0.15) is 0 Å². The van der Waals surface area contributed by atoms with Crippen LogP contribution in [0.15, 0.2) is 200 Å². The van der Waals surface area contributed by atoms with Crippen molar-refractivity contribution in [1.29, 1.82) is 0 Å². The molecule has 0 saturated heterocycles. The van der Waals surface area contributed by atoms with Crippen molar-refractivity contribution in [3.05, 3.63) is 211 Å². The van der Waals surface area contributed by atoms with Gasteiger partial charge in [0.25, 0.3) is 0 Å². The van der Waals surface area contributed by atoms with Gasteiger partial charge >= 0.3 is 0 Å². The number of rotatable bonds is 6. The van der Waals surface area contributed by atoms with Crippen LogP contribution < -0.4 is 14.5 Å². The minimum Gasteiger partial charge on any atom is -0.457 e. The molecule has 3 fully saturated rings. The predicted octanol–water partition coefficient (Wildman–Crippen LogP) is 16.6. The van der Waals surface area contributed by atoms with Gasteiger partial charge in [-0.25, -0.2) is 15.0 Å². The van der Waals surface area contributed by atoms with Crippen LogP contribution in [-0.4, -0.2) is 15.0 Å². The van der Waals surface area contributed by atoms with Gasteiger partial charge in [-0.05, 0) is 140 Å². The Morgan fingerprint density at radius 1 is 0.414 bits per heavy atom. The van der Waals surface area contributed by atoms with Crippen LogP contribution in [0, 0.1) is 23.7 Å². The van der Waals surface area contributed by atoms with Gasteiger partial charge in [0.15, 0.2) is 17.5 Å². The maximum atomic E-state index is 7.00. The Morgan fingerprint density at radius 2 is 0.886 bits per heavy atom. The summed E-state index contributed by atoms with van der Waals surface area (Å²) in [5, 5.41) is 0. The van der Waals surface area contributed by atoms with E-state index in [4.69, 9.17) is 19.7 Å². The van der Waals surface area contributed by atoms with Gasteiger partial charge < -0.3 is 14.5 Å². The number of nitrogens with zero attached hydrogens (tertiary/aromatic N) is 5. The molecule has 1 aromatic heterocycles. The average Bonchev–Trinajstić information content (AvgIpc) is 3.39. The third kappa shape index (κ3) is 6.35. The van der Waals surface area contributed by atoms with Crippen molar-refractivity contribution >= 4 is 34.1 Å². The lowest BCUT2D eigenvalue weighted by molar-refractivity contribution is -0.172. The second kappa shape index (κ2) is 15.9. The molecule has 9 aromatic rings. The molecule has 0 radical (unpaired) electrons. The van der Waals surface area contributed by atoms with Crippen molar-refractivity contribution in [3.63, 3.8) is 0 Å². The summed E-state index contributed by atoms with van der Waals surface area (Å²) in [4.78, 5) is 20.4. The van der Waals surface area contributed by atoms with Crippen molar-refractivity contribution < 1.29 is 4.74 Å². The van der Waals surface area contributed by atoms with E-state index in [1.54, 1.807) is 0 Å². The fraction of sp³-hybridized carbons (Fsp3) is 0.203. The zero-order chi connectivity index (χ0) is 46.6. The van der Waals surface area contributed by atoms with Gasteiger partial charge in [0.05, 0.1) is 22.7 Å². The Bertz CT molecular complexity index is 3420. The number of hydrogen-bond donors (Lipinski definition) is 0. The molecule has 3 unspecified atom stereocenters. The van der Waals surface area contributed by atoms with E-state index in [2.05, 4.69) is 218 Å². The number of fused-ring (bicyclic) bond motifs is 2. The standard InChI is InChI=1S/C64H53N5O/c1-41-35-42(2)38-63-40-64(39-48(36-41)59(63)64)51-19-9-14-24-57(51)70-58-34-31-47(37-52(58)63)62-66-60(45-15-5-3-6-16-45)65-61(67-62)46-27-25-43(26-28-46)44-29-32-50(33-30-44)69-55-22-12-10-20-53(55)68(49-17-7-4-8-18-49)54-21-11-13-23-56(54)69/h3-34,37,41-42,48,59H,35-36,38-40H2,1-2H3/t41-,42+,48-,59?,63?,64?/m0/s1. The molecule has 6 nitrogen and oxygen atoms in total. The Balaban J connectivity index is 0.815. The molecule has 340 valence electrons. The SMILES string of the molecule is C[C@@H]1C[C@H](C)C[C@H]2CC34CC(C1)(c1cc(-c5nc(-c6ccccc6)nc(-c6ccc(-c7ccc(N8c9ccccc9N(c9ccccc9)c9ccccc98)cc7)cc6)n5)ccc1Oc1ccccc13)C24. The van der Waals surface area contributed by atoms with Gasteiger partial charge in [-0.1, -0.05) is 141 Å². The van der Waals surface area contributed by atoms with Gasteiger partial charge in [0.1, 0.15) is 11.5 Å². The van der Waals surface area contributed by atoms with Crippen molar-refractivity contribution in [1.82, 2.24) is 15.0 Å². The van der Waals surface area contributed by atoms with Gasteiger partial charge in [0, 0.05) is 50.0 Å². The number of hydrogen-bond acceptors (Lipinski definition) is 6. The summed E-state index contributed by atoms with van der Waals surface area (Å²) in [5.41, 5.74) is 15.0. The first kappa shape index (κ1) is 41.2. The van der Waals surface area contributed by atoms with Crippen molar-refractivity contribution in [2.45, 2.75) is 56.8 Å². The minimum atomic E-state index is 0.0554. The molecule has 2 spiro atoms. The third-order valence-corrected chi connectivity index (χ3v) is 16.6. The molecular weight excluding hydrogens is 855 g/mol. The monoisotopic (exact) mass is 907 g/mol. The van der Waals surface area contributed by atoms with Gasteiger partial charge in [-0.15, -0.1) is 0 Å². The molecule has 6 atom stereocenters. The summed E-state index contributed by atoms with van der Waals surface area (Å²) in [7, 11) is 0. The van der Waals surface area contributed by atoms with Crippen molar-refractivity contribution in [2.75, 3.05) is 9.80 Å². The van der Waals surface area contributed by atoms with Crippen molar-refractivity contribution in [2.24, 2.45) is 23.7 Å². The molecule has 0 amide bonds. The first-order chi connectivity index (χ1) is 34.4. The van der Waals surface area contributed by atoms with Gasteiger partial charge in [-0.3, -0.25) is 0 Å². The highest BCUT2D eigenvalue weighted by Crippen LogP contribution is 2.79. The van der Waals surface area contributed by atoms with Crippen LogP contribution in [0.2, 0.25) is 0 Å². The Labute approximate surface area is 410 Å². The fourth-order valence-electron chi connectivity index (χ4n) is 14.2. The van der Waals surface area contributed by atoms with E-state index in [1.807, 2.05) is 6.07 Å². The second-order valence-corrected chi connectivity index (χ2v) is 20.9. The van der Waals surface area contributed by atoms with Crippen LogP contribution in [0.4, 0.5) is 34.1 Å². The second-order valence-electron chi connectivity index (χ2n) is 20.9. The van der Waals surface area contributed by atoms with Crippen LogP contribution >= 0.6 is 0 Å². The Kier molecular flexibility index (Phi) is 9.33. The smallest absolute Gasteiger partial charge is 0.164 e. The molecule has 2 bridgehead atoms. The highest BCUT2D eigenvalue weighted by Gasteiger charge is 2.74. The van der Waals surface area contributed by atoms with Crippen LogP contribution in [0.5, 0.6) is 11.5 Å². The average molecular weight is 908 g/mol. The zero-order valence-electron chi connectivity index (χ0n) is 39.5. The zero-order valence-corrected chi connectivity index (χ0v) is 39.5. The number of aromatic nitrogens is 3. The normalized spacial score (nSPS) is 23.5. The lowest BCUT2D eigenvalue weighted by Crippen LogP contribution is -2.73. The number of benzene rings is 8. The molecule has 6 aliphatic rings. The lowest BCUT2D eigenvalue weighted by Gasteiger charge is -2.76. The van der Waals surface area contributed by atoms with Crippen molar-refractivity contribution in [3.8, 4) is 56.8 Å². The van der Waals surface area contributed by atoms with E-state index < -0.39 is 0 Å². The van der Waals surface area contributed by atoms with E-state index >= 15 is 0 Å². The summed E-state index contributed by atoms with van der Waals surface area (Å²) in [6.07, 6.45) is 6.23. The summed E-state index contributed by atoms with van der Waals surface area (Å²) in [5.74, 6) is 6.73. The number of para-hydroxylation sites is 6. The molecule has 70 heavy (non-hydrogen) atoms. The van der Waals surface area contributed by atoms with E-state index in [9.17, 15) is 0 Å². The summed E-state index contributed by atoms with van der Waals surface area (Å²) in [6, 6.07) is 71.5. The molecule has 8 aromatic carbocycles. The number of ether oxygens (including phenoxy) is 1. The minimum absolute atomic E-state index is 0.0554. The molecular formula is C64H53N5O. The van der Waals surface area contributed by atoms with Crippen LogP contribution in [0.25, 0.3) is 45.3 Å². The largest absolute Gasteiger partial charge is 0.457 e. The Hall–Kier alpha value is -7.83.